The molecule has 0 bridgehead atoms. The van der Waals surface area contributed by atoms with Gasteiger partial charge >= 0.3 is 5.97 Å². The summed E-state index contributed by atoms with van der Waals surface area (Å²) in [5.41, 5.74) is 0.607. The van der Waals surface area contributed by atoms with Gasteiger partial charge in [0.1, 0.15) is 4.83 Å². The van der Waals surface area contributed by atoms with Gasteiger partial charge in [0.2, 0.25) is 0 Å². The van der Waals surface area contributed by atoms with E-state index in [1.54, 1.807) is 0 Å². The normalized spacial score (nSPS) is 11.9. The van der Waals surface area contributed by atoms with Crippen LogP contribution in [0, 0.1) is 10.1 Å². The average molecular weight is 274 g/mol. The Labute approximate surface area is 94.3 Å². The van der Waals surface area contributed by atoms with Crippen LogP contribution in [0.3, 0.4) is 0 Å². The van der Waals surface area contributed by atoms with Crippen molar-refractivity contribution in [3.05, 3.63) is 39.9 Å². The van der Waals surface area contributed by atoms with E-state index < -0.39 is 15.7 Å². The number of methoxy groups -OCH3 is 1. The number of alkyl halides is 1. The van der Waals surface area contributed by atoms with Gasteiger partial charge in [-0.25, -0.2) is 0 Å². The smallest absolute Gasteiger partial charge is 0.323 e. The molecule has 1 unspecified atom stereocenters. The molecule has 1 rings (SSSR count). The standard InChI is InChI=1S/C9H8BrNO4/c1-15-9(12)8(10)6-2-4-7(5-3-6)11(13)14/h2-5,8H,1H3. The molecular formula is C9H8BrNO4. The molecule has 0 radical (unpaired) electrons. The number of nitro groups is 1. The largest absolute Gasteiger partial charge is 0.468 e. The van der Waals surface area contributed by atoms with Crippen molar-refractivity contribution in [3.63, 3.8) is 0 Å². The molecule has 0 aromatic heterocycles. The van der Waals surface area contributed by atoms with Crippen LogP contribution in [-0.4, -0.2) is 18.0 Å². The van der Waals surface area contributed by atoms with E-state index in [0.29, 0.717) is 5.56 Å². The predicted octanol–water partition coefficient (Wildman–Crippen LogP) is 2.20. The number of carbonyl (C=O) groups excluding carboxylic acids is 1. The monoisotopic (exact) mass is 273 g/mol. The third kappa shape index (κ3) is 2.76. The van der Waals surface area contributed by atoms with E-state index in [1.165, 1.54) is 31.4 Å². The highest BCUT2D eigenvalue weighted by Gasteiger charge is 2.18. The number of carbonyl (C=O) groups is 1. The van der Waals surface area contributed by atoms with Crippen LogP contribution in [0.4, 0.5) is 5.69 Å². The highest BCUT2D eigenvalue weighted by Crippen LogP contribution is 2.25. The molecule has 0 saturated heterocycles. The van der Waals surface area contributed by atoms with Crippen LogP contribution < -0.4 is 0 Å². The Kier molecular flexibility index (Phi) is 3.79. The van der Waals surface area contributed by atoms with Crippen molar-refractivity contribution in [2.45, 2.75) is 4.83 Å². The first-order valence-corrected chi connectivity index (χ1v) is 4.94. The fraction of sp³-hybridized carbons (Fsp3) is 0.222. The van der Waals surface area contributed by atoms with Gasteiger partial charge in [-0.1, -0.05) is 28.1 Å². The summed E-state index contributed by atoms with van der Waals surface area (Å²) in [6, 6.07) is 5.70. The molecule has 1 aromatic carbocycles. The van der Waals surface area contributed by atoms with E-state index in [2.05, 4.69) is 20.7 Å². The van der Waals surface area contributed by atoms with Crippen LogP contribution in [0.5, 0.6) is 0 Å². The Morgan fingerprint density at radius 3 is 2.40 bits per heavy atom. The van der Waals surface area contributed by atoms with E-state index >= 15 is 0 Å². The van der Waals surface area contributed by atoms with E-state index in [9.17, 15) is 14.9 Å². The van der Waals surface area contributed by atoms with E-state index in [1.807, 2.05) is 0 Å². The predicted molar refractivity (Wildman–Crippen MR) is 56.8 cm³/mol. The molecule has 5 nitrogen and oxygen atoms in total. The Balaban J connectivity index is 2.89. The van der Waals surface area contributed by atoms with Crippen molar-refractivity contribution >= 4 is 27.6 Å². The lowest BCUT2D eigenvalue weighted by atomic mass is 10.1. The number of rotatable bonds is 3. The maximum absolute atomic E-state index is 11.1. The summed E-state index contributed by atoms with van der Waals surface area (Å²) in [4.78, 5) is 20.4. The first-order chi connectivity index (χ1) is 7.06. The van der Waals surface area contributed by atoms with Crippen LogP contribution in [0.25, 0.3) is 0 Å². The van der Waals surface area contributed by atoms with E-state index in [4.69, 9.17) is 0 Å². The summed E-state index contributed by atoms with van der Waals surface area (Å²) in [5, 5.41) is 10.4. The molecule has 0 spiro atoms. The van der Waals surface area contributed by atoms with Crippen molar-refractivity contribution in [2.75, 3.05) is 7.11 Å². The minimum atomic E-state index is -0.594. The van der Waals surface area contributed by atoms with Crippen LogP contribution in [0.1, 0.15) is 10.4 Å². The number of halogens is 1. The zero-order valence-electron chi connectivity index (χ0n) is 7.84. The second kappa shape index (κ2) is 4.88. The fourth-order valence-corrected chi connectivity index (χ4v) is 1.50. The number of benzene rings is 1. The van der Waals surface area contributed by atoms with E-state index in [0.717, 1.165) is 0 Å². The molecule has 0 amide bonds. The molecule has 1 atom stereocenters. The fourth-order valence-electron chi connectivity index (χ4n) is 1.00. The summed E-state index contributed by atoms with van der Waals surface area (Å²) in [5.74, 6) is -0.441. The maximum atomic E-state index is 11.1. The molecule has 80 valence electrons. The van der Waals surface area contributed by atoms with Crippen LogP contribution >= 0.6 is 15.9 Å². The summed E-state index contributed by atoms with van der Waals surface area (Å²) >= 11 is 3.13. The SMILES string of the molecule is COC(=O)C(Br)c1ccc([N+](=O)[O-])cc1. The zero-order chi connectivity index (χ0) is 11.4. The second-order valence-corrected chi connectivity index (χ2v) is 3.65. The molecule has 0 aliphatic heterocycles. The first-order valence-electron chi connectivity index (χ1n) is 4.02. The minimum absolute atomic E-state index is 0.0108. The van der Waals surface area contributed by atoms with Gasteiger partial charge in [-0.15, -0.1) is 0 Å². The Bertz CT molecular complexity index is 376. The van der Waals surface area contributed by atoms with Gasteiger partial charge in [-0.3, -0.25) is 14.9 Å². The lowest BCUT2D eigenvalue weighted by Crippen LogP contribution is -2.07. The molecule has 0 N–H and O–H groups in total. The first kappa shape index (κ1) is 11.6. The molecule has 15 heavy (non-hydrogen) atoms. The highest BCUT2D eigenvalue weighted by molar-refractivity contribution is 9.09. The number of hydrogen-bond donors (Lipinski definition) is 0. The summed E-state index contributed by atoms with van der Waals surface area (Å²) in [6.07, 6.45) is 0. The molecule has 1 aromatic rings. The van der Waals surface area contributed by atoms with Gasteiger partial charge in [0.25, 0.3) is 5.69 Å². The van der Waals surface area contributed by atoms with Gasteiger partial charge in [0, 0.05) is 12.1 Å². The number of nitrogens with zero attached hydrogens (tertiary/aromatic N) is 1. The van der Waals surface area contributed by atoms with Crippen molar-refractivity contribution in [1.29, 1.82) is 0 Å². The quantitative estimate of drug-likeness (QED) is 0.366. The average Bonchev–Trinajstić information content (AvgIpc) is 2.27. The molecule has 6 heteroatoms. The van der Waals surface area contributed by atoms with Gasteiger partial charge in [0.05, 0.1) is 12.0 Å². The lowest BCUT2D eigenvalue weighted by molar-refractivity contribution is -0.384. The van der Waals surface area contributed by atoms with Crippen molar-refractivity contribution < 1.29 is 14.5 Å². The Morgan fingerprint density at radius 1 is 1.47 bits per heavy atom. The summed E-state index contributed by atoms with van der Waals surface area (Å²) in [7, 11) is 1.28. The number of hydrogen-bond acceptors (Lipinski definition) is 4. The summed E-state index contributed by atoms with van der Waals surface area (Å²) < 4.78 is 4.52. The van der Waals surface area contributed by atoms with Gasteiger partial charge in [-0.05, 0) is 5.56 Å². The van der Waals surface area contributed by atoms with Gasteiger partial charge in [0.15, 0.2) is 0 Å². The summed E-state index contributed by atoms with van der Waals surface area (Å²) in [6.45, 7) is 0. The van der Waals surface area contributed by atoms with Crippen LogP contribution in [0.15, 0.2) is 24.3 Å². The molecular weight excluding hydrogens is 266 g/mol. The van der Waals surface area contributed by atoms with Gasteiger partial charge in [-0.2, -0.15) is 0 Å². The topological polar surface area (TPSA) is 69.4 Å². The second-order valence-electron chi connectivity index (χ2n) is 2.73. The minimum Gasteiger partial charge on any atom is -0.468 e. The third-order valence-electron chi connectivity index (χ3n) is 1.80. The Hall–Kier alpha value is -1.43. The van der Waals surface area contributed by atoms with Crippen molar-refractivity contribution in [3.8, 4) is 0 Å². The molecule has 0 aliphatic rings. The maximum Gasteiger partial charge on any atom is 0.323 e. The number of esters is 1. The van der Waals surface area contributed by atoms with Crippen molar-refractivity contribution in [1.82, 2.24) is 0 Å². The third-order valence-corrected chi connectivity index (χ3v) is 2.71. The van der Waals surface area contributed by atoms with Crippen LogP contribution in [0.2, 0.25) is 0 Å². The molecule has 0 heterocycles. The molecule has 0 fully saturated rings. The highest BCUT2D eigenvalue weighted by atomic mass is 79.9. The Morgan fingerprint density at radius 2 is 2.00 bits per heavy atom. The molecule has 0 saturated carbocycles. The van der Waals surface area contributed by atoms with Crippen molar-refractivity contribution in [2.24, 2.45) is 0 Å². The number of non-ortho nitro benzene ring substituents is 1. The zero-order valence-corrected chi connectivity index (χ0v) is 9.43. The van der Waals surface area contributed by atoms with E-state index in [-0.39, 0.29) is 5.69 Å². The van der Waals surface area contributed by atoms with Crippen LogP contribution in [-0.2, 0) is 9.53 Å². The number of nitro benzene ring substituents is 1. The number of ether oxygens (including phenoxy) is 1. The van der Waals surface area contributed by atoms with Gasteiger partial charge < -0.3 is 4.74 Å². The molecule has 0 aliphatic carbocycles. The lowest BCUT2D eigenvalue weighted by Gasteiger charge is -2.06.